The van der Waals surface area contributed by atoms with Crippen molar-refractivity contribution in [2.24, 2.45) is 0 Å². The number of carboxylic acid groups (broad SMARTS) is 2. The van der Waals surface area contributed by atoms with Gasteiger partial charge in [-0.1, -0.05) is 57.8 Å². The van der Waals surface area contributed by atoms with E-state index in [1.54, 1.807) is 0 Å². The van der Waals surface area contributed by atoms with Crippen LogP contribution in [0.1, 0.15) is 89.9 Å². The molecule has 0 heterocycles. The second-order valence-corrected chi connectivity index (χ2v) is 6.36. The van der Waals surface area contributed by atoms with E-state index >= 15 is 0 Å². The van der Waals surface area contributed by atoms with Gasteiger partial charge in [0.1, 0.15) is 6.42 Å². The van der Waals surface area contributed by atoms with Crippen molar-refractivity contribution < 1.29 is 24.7 Å². The normalized spacial score (nSPS) is 12.0. The molecule has 0 aromatic carbocycles. The summed E-state index contributed by atoms with van der Waals surface area (Å²) in [7, 11) is 0. The smallest absolute Gasteiger partial charge is 0.310 e. The fourth-order valence-corrected chi connectivity index (χ4v) is 2.73. The van der Waals surface area contributed by atoms with E-state index in [9.17, 15) is 19.7 Å². The van der Waals surface area contributed by atoms with E-state index < -0.39 is 22.9 Å². The first-order valence-electron chi connectivity index (χ1n) is 9.00. The fraction of sp³-hybridized carbons (Fsp3) is 0.882. The molecule has 0 aliphatic carbocycles. The highest BCUT2D eigenvalue weighted by atomic mass is 16.6. The molecule has 0 fully saturated rings. The van der Waals surface area contributed by atoms with Crippen molar-refractivity contribution in [3.8, 4) is 0 Å². The maximum absolute atomic E-state index is 10.7. The van der Waals surface area contributed by atoms with E-state index in [1.165, 1.54) is 12.8 Å². The molecule has 0 aromatic heterocycles. The van der Waals surface area contributed by atoms with Gasteiger partial charge in [-0.25, -0.2) is 0 Å². The summed E-state index contributed by atoms with van der Waals surface area (Å²) in [4.78, 5) is 31.1. The van der Waals surface area contributed by atoms with E-state index in [-0.39, 0.29) is 12.8 Å². The van der Waals surface area contributed by atoms with Crippen molar-refractivity contribution >= 4 is 11.9 Å². The Morgan fingerprint density at radius 3 is 1.54 bits per heavy atom. The molecule has 0 aliphatic rings. The molecule has 0 saturated carbocycles. The highest BCUT2D eigenvalue weighted by Crippen LogP contribution is 2.14. The average molecular weight is 345 g/mol. The summed E-state index contributed by atoms with van der Waals surface area (Å²) in [5.41, 5.74) is 0. The van der Waals surface area contributed by atoms with Crippen LogP contribution in [0.15, 0.2) is 0 Å². The minimum Gasteiger partial charge on any atom is -0.481 e. The van der Waals surface area contributed by atoms with E-state index in [1.807, 2.05) is 0 Å². The van der Waals surface area contributed by atoms with Crippen LogP contribution in [0, 0.1) is 10.1 Å². The summed E-state index contributed by atoms with van der Waals surface area (Å²) in [6.45, 7) is 0. The van der Waals surface area contributed by atoms with Gasteiger partial charge in [0, 0.05) is 17.8 Å². The molecule has 7 heteroatoms. The van der Waals surface area contributed by atoms with Crippen molar-refractivity contribution in [2.45, 2.75) is 95.9 Å². The zero-order chi connectivity index (χ0) is 18.2. The Kier molecular flexibility index (Phi) is 13.9. The maximum Gasteiger partial charge on any atom is 0.310 e. The first kappa shape index (κ1) is 22.3. The summed E-state index contributed by atoms with van der Waals surface area (Å²) < 4.78 is 0. The average Bonchev–Trinajstić information content (AvgIpc) is 2.49. The third kappa shape index (κ3) is 15.2. The van der Waals surface area contributed by atoms with Gasteiger partial charge in [0.15, 0.2) is 0 Å². The van der Waals surface area contributed by atoms with Gasteiger partial charge in [-0.05, 0) is 12.8 Å². The third-order valence-electron chi connectivity index (χ3n) is 4.14. The lowest BCUT2D eigenvalue weighted by Gasteiger charge is -2.07. The quantitative estimate of drug-likeness (QED) is 0.231. The predicted molar refractivity (Wildman–Crippen MR) is 90.7 cm³/mol. The standard InChI is InChI=1S/C17H31NO6/c19-16(20)13-11-9-7-5-3-1-2-4-6-8-10-12-15(18(23)24)14-17(21)22/h15H,1-14H2,(H,19,20)(H,21,22). The largest absolute Gasteiger partial charge is 0.481 e. The van der Waals surface area contributed by atoms with Crippen LogP contribution in [-0.2, 0) is 9.59 Å². The molecular weight excluding hydrogens is 314 g/mol. The lowest BCUT2D eigenvalue weighted by molar-refractivity contribution is -0.522. The zero-order valence-electron chi connectivity index (χ0n) is 14.5. The van der Waals surface area contributed by atoms with Crippen LogP contribution in [0.25, 0.3) is 0 Å². The number of hydrogen-bond acceptors (Lipinski definition) is 4. The van der Waals surface area contributed by atoms with Gasteiger partial charge in [-0.2, -0.15) is 0 Å². The number of carboxylic acids is 2. The molecule has 140 valence electrons. The Morgan fingerprint density at radius 1 is 0.750 bits per heavy atom. The van der Waals surface area contributed by atoms with Crippen LogP contribution in [0.4, 0.5) is 0 Å². The van der Waals surface area contributed by atoms with Crippen LogP contribution < -0.4 is 0 Å². The van der Waals surface area contributed by atoms with Crippen molar-refractivity contribution in [3.05, 3.63) is 10.1 Å². The van der Waals surface area contributed by atoms with Crippen LogP contribution in [-0.4, -0.2) is 33.1 Å². The van der Waals surface area contributed by atoms with Gasteiger partial charge in [0.05, 0.1) is 0 Å². The topological polar surface area (TPSA) is 118 Å². The third-order valence-corrected chi connectivity index (χ3v) is 4.14. The van der Waals surface area contributed by atoms with Crippen molar-refractivity contribution in [1.29, 1.82) is 0 Å². The van der Waals surface area contributed by atoms with Crippen LogP contribution in [0.5, 0.6) is 0 Å². The first-order valence-corrected chi connectivity index (χ1v) is 9.00. The molecule has 2 N–H and O–H groups in total. The van der Waals surface area contributed by atoms with Gasteiger partial charge in [-0.15, -0.1) is 0 Å². The molecule has 1 unspecified atom stereocenters. The van der Waals surface area contributed by atoms with E-state index in [2.05, 4.69) is 0 Å². The zero-order valence-corrected chi connectivity index (χ0v) is 14.5. The number of rotatable bonds is 17. The Hall–Kier alpha value is -1.66. The monoisotopic (exact) mass is 345 g/mol. The number of nitro groups is 1. The molecule has 0 aromatic rings. The lowest BCUT2D eigenvalue weighted by atomic mass is 10.0. The minimum absolute atomic E-state index is 0.268. The minimum atomic E-state index is -1.11. The number of aliphatic carboxylic acids is 2. The van der Waals surface area contributed by atoms with Crippen LogP contribution >= 0.6 is 0 Å². The highest BCUT2D eigenvalue weighted by Gasteiger charge is 2.22. The van der Waals surface area contributed by atoms with Gasteiger partial charge >= 0.3 is 11.9 Å². The molecule has 0 radical (unpaired) electrons. The summed E-state index contributed by atoms with van der Waals surface area (Å²) in [5.74, 6) is -1.83. The molecule has 24 heavy (non-hydrogen) atoms. The number of hydrogen-bond donors (Lipinski definition) is 2. The first-order chi connectivity index (χ1) is 11.4. The lowest BCUT2D eigenvalue weighted by Crippen LogP contribution is -2.22. The van der Waals surface area contributed by atoms with E-state index in [0.717, 1.165) is 51.4 Å². The summed E-state index contributed by atoms with van der Waals surface area (Å²) in [5, 5.41) is 27.8. The fourth-order valence-electron chi connectivity index (χ4n) is 2.73. The van der Waals surface area contributed by atoms with Crippen molar-refractivity contribution in [3.63, 3.8) is 0 Å². The molecule has 7 nitrogen and oxygen atoms in total. The molecular formula is C17H31NO6. The van der Waals surface area contributed by atoms with Crippen LogP contribution in [0.2, 0.25) is 0 Å². The van der Waals surface area contributed by atoms with Crippen molar-refractivity contribution in [1.82, 2.24) is 0 Å². The van der Waals surface area contributed by atoms with Crippen LogP contribution in [0.3, 0.4) is 0 Å². The van der Waals surface area contributed by atoms with Gasteiger partial charge in [0.25, 0.3) is 0 Å². The Morgan fingerprint density at radius 2 is 1.17 bits per heavy atom. The second kappa shape index (κ2) is 14.9. The van der Waals surface area contributed by atoms with E-state index in [4.69, 9.17) is 10.2 Å². The molecule has 1 atom stereocenters. The summed E-state index contributed by atoms with van der Waals surface area (Å²) in [6.07, 6.45) is 11.5. The summed E-state index contributed by atoms with van der Waals surface area (Å²) >= 11 is 0. The molecule has 0 amide bonds. The predicted octanol–water partition coefficient (Wildman–Crippen LogP) is 4.26. The molecule has 0 spiro atoms. The molecule has 0 saturated heterocycles. The molecule has 0 bridgehead atoms. The van der Waals surface area contributed by atoms with Gasteiger partial charge in [0.2, 0.25) is 6.04 Å². The van der Waals surface area contributed by atoms with Gasteiger partial charge < -0.3 is 10.2 Å². The highest BCUT2D eigenvalue weighted by molar-refractivity contribution is 5.67. The Labute approximate surface area is 143 Å². The van der Waals surface area contributed by atoms with Crippen molar-refractivity contribution in [2.75, 3.05) is 0 Å². The summed E-state index contributed by atoms with van der Waals surface area (Å²) in [6, 6.07) is -0.955. The second-order valence-electron chi connectivity index (χ2n) is 6.36. The molecule has 0 aliphatic heterocycles. The SMILES string of the molecule is O=C(O)CCCCCCCCCCCCCC(CC(=O)O)[N+](=O)[O-]. The Balaban J connectivity index is 3.34. The maximum atomic E-state index is 10.7. The number of nitrogens with zero attached hydrogens (tertiary/aromatic N) is 1. The number of unbranched alkanes of at least 4 members (excludes halogenated alkanes) is 10. The number of carbonyl (C=O) groups is 2. The Bertz CT molecular complexity index is 372. The van der Waals surface area contributed by atoms with Gasteiger partial charge in [-0.3, -0.25) is 19.7 Å². The molecule has 0 rings (SSSR count). The van der Waals surface area contributed by atoms with E-state index in [0.29, 0.717) is 12.8 Å².